The highest BCUT2D eigenvalue weighted by atomic mass is 32.2. The average Bonchev–Trinajstić information content (AvgIpc) is 2.90. The number of allylic oxidation sites excluding steroid dienone is 1. The van der Waals surface area contributed by atoms with Crippen molar-refractivity contribution in [3.63, 3.8) is 0 Å². The molecule has 0 fully saturated rings. The van der Waals surface area contributed by atoms with E-state index in [2.05, 4.69) is 37.3 Å². The van der Waals surface area contributed by atoms with Crippen LogP contribution in [0.3, 0.4) is 0 Å². The number of rotatable bonds is 5. The van der Waals surface area contributed by atoms with Crippen LogP contribution in [0, 0.1) is 0 Å². The number of para-hydroxylation sites is 1. The molecule has 2 aromatic rings. The minimum Gasteiger partial charge on any atom is -0.383 e. The molecule has 1 heterocycles. The molecule has 24 heavy (non-hydrogen) atoms. The summed E-state index contributed by atoms with van der Waals surface area (Å²) in [6, 6.07) is 16.3. The maximum atomic E-state index is 12.6. The van der Waals surface area contributed by atoms with Gasteiger partial charge in [-0.1, -0.05) is 42.1 Å². The van der Waals surface area contributed by atoms with Gasteiger partial charge in [-0.05, 0) is 50.9 Å². The van der Waals surface area contributed by atoms with Crippen LogP contribution in [0.25, 0.3) is 6.08 Å². The van der Waals surface area contributed by atoms with Crippen molar-refractivity contribution in [2.45, 2.75) is 17.9 Å². The van der Waals surface area contributed by atoms with Crippen LogP contribution >= 0.6 is 11.8 Å². The molecular formula is C20H22N2OS. The molecular weight excluding hydrogens is 316 g/mol. The van der Waals surface area contributed by atoms with Crippen molar-refractivity contribution >= 4 is 29.3 Å². The second kappa shape index (κ2) is 7.24. The third-order valence-electron chi connectivity index (χ3n) is 4.29. The van der Waals surface area contributed by atoms with Gasteiger partial charge in [0.2, 0.25) is 5.78 Å². The molecule has 3 rings (SSSR count). The maximum absolute atomic E-state index is 12.6. The Labute approximate surface area is 147 Å². The van der Waals surface area contributed by atoms with Crippen LogP contribution in [0.4, 0.5) is 5.69 Å². The van der Waals surface area contributed by atoms with Crippen molar-refractivity contribution in [1.29, 1.82) is 0 Å². The van der Waals surface area contributed by atoms with E-state index in [4.69, 9.17) is 0 Å². The van der Waals surface area contributed by atoms with E-state index in [9.17, 15) is 4.79 Å². The molecule has 2 aromatic carbocycles. The largest absolute Gasteiger partial charge is 0.383 e. The fraction of sp³-hybridized carbons (Fsp3) is 0.250. The van der Waals surface area contributed by atoms with Crippen molar-refractivity contribution in [1.82, 2.24) is 4.90 Å². The van der Waals surface area contributed by atoms with Gasteiger partial charge in [0, 0.05) is 28.7 Å². The fourth-order valence-corrected chi connectivity index (χ4v) is 3.54. The Hall–Kier alpha value is -2.04. The third-order valence-corrected chi connectivity index (χ3v) is 5.39. The highest BCUT2D eigenvalue weighted by Crippen LogP contribution is 2.41. The molecule has 0 radical (unpaired) electrons. The number of hydrogen-bond donors (Lipinski definition) is 1. The number of likely N-dealkylation sites (N-methyl/N-ethyl adjacent to an activating group) is 1. The summed E-state index contributed by atoms with van der Waals surface area (Å²) >= 11 is 1.55. The van der Waals surface area contributed by atoms with E-state index in [1.54, 1.807) is 11.8 Å². The molecule has 0 amide bonds. The molecule has 0 aliphatic carbocycles. The van der Waals surface area contributed by atoms with E-state index in [0.29, 0.717) is 6.04 Å². The van der Waals surface area contributed by atoms with Crippen LogP contribution in [0.2, 0.25) is 0 Å². The van der Waals surface area contributed by atoms with Crippen LogP contribution in [-0.2, 0) is 0 Å². The molecule has 0 saturated heterocycles. The first-order valence-electron chi connectivity index (χ1n) is 8.09. The molecule has 3 nitrogen and oxygen atoms in total. The van der Waals surface area contributed by atoms with Gasteiger partial charge >= 0.3 is 0 Å². The van der Waals surface area contributed by atoms with Gasteiger partial charge in [-0.2, -0.15) is 0 Å². The zero-order chi connectivity index (χ0) is 17.1. The smallest absolute Gasteiger partial charge is 0.200 e. The molecule has 4 heteroatoms. The van der Waals surface area contributed by atoms with E-state index in [-0.39, 0.29) is 5.78 Å². The highest BCUT2D eigenvalue weighted by molar-refractivity contribution is 8.04. The first kappa shape index (κ1) is 16.8. The second-order valence-corrected chi connectivity index (χ2v) is 7.30. The lowest BCUT2D eigenvalue weighted by atomic mass is 10.1. The Balaban J connectivity index is 1.83. The Morgan fingerprint density at radius 1 is 1.12 bits per heavy atom. The lowest BCUT2D eigenvalue weighted by molar-refractivity contribution is 0.104. The number of carbonyl (C=O) groups is 1. The second-order valence-electron chi connectivity index (χ2n) is 6.22. The summed E-state index contributed by atoms with van der Waals surface area (Å²) in [5.41, 5.74) is 2.91. The van der Waals surface area contributed by atoms with E-state index in [1.165, 1.54) is 0 Å². The van der Waals surface area contributed by atoms with Crippen LogP contribution in [0.5, 0.6) is 0 Å². The maximum Gasteiger partial charge on any atom is 0.200 e. The van der Waals surface area contributed by atoms with E-state index >= 15 is 0 Å². The highest BCUT2D eigenvalue weighted by Gasteiger charge is 2.25. The Morgan fingerprint density at radius 2 is 1.83 bits per heavy atom. The SMILES string of the molecule is CC(CNc1ccccc1C=C1Sc2ccccc2C1=O)N(C)C. The van der Waals surface area contributed by atoms with Crippen LogP contribution in [-0.4, -0.2) is 37.4 Å². The minimum atomic E-state index is 0.118. The molecule has 1 atom stereocenters. The monoisotopic (exact) mass is 338 g/mol. The van der Waals surface area contributed by atoms with Gasteiger partial charge in [0.1, 0.15) is 0 Å². The van der Waals surface area contributed by atoms with E-state index in [1.807, 2.05) is 48.5 Å². The van der Waals surface area contributed by atoms with Crippen molar-refractivity contribution in [2.75, 3.05) is 26.0 Å². The fourth-order valence-electron chi connectivity index (χ4n) is 2.50. The van der Waals surface area contributed by atoms with Gasteiger partial charge in [-0.25, -0.2) is 0 Å². The molecule has 124 valence electrons. The lowest BCUT2D eigenvalue weighted by Crippen LogP contribution is -2.31. The first-order valence-corrected chi connectivity index (χ1v) is 8.90. The number of fused-ring (bicyclic) bond motifs is 1. The zero-order valence-corrected chi connectivity index (χ0v) is 15.1. The molecule has 1 N–H and O–H groups in total. The van der Waals surface area contributed by atoms with Gasteiger partial charge < -0.3 is 10.2 Å². The zero-order valence-electron chi connectivity index (χ0n) is 14.2. The lowest BCUT2D eigenvalue weighted by Gasteiger charge is -2.21. The molecule has 1 aliphatic rings. The Bertz CT molecular complexity index is 783. The van der Waals surface area contributed by atoms with Crippen molar-refractivity contribution in [2.24, 2.45) is 0 Å². The number of benzene rings is 2. The number of carbonyl (C=O) groups excluding carboxylic acids is 1. The number of hydrogen-bond acceptors (Lipinski definition) is 4. The molecule has 0 saturated carbocycles. The van der Waals surface area contributed by atoms with Crippen molar-refractivity contribution in [3.8, 4) is 0 Å². The summed E-state index contributed by atoms with van der Waals surface area (Å²) in [6.45, 7) is 3.04. The minimum absolute atomic E-state index is 0.118. The topological polar surface area (TPSA) is 32.3 Å². The summed E-state index contributed by atoms with van der Waals surface area (Å²) in [5.74, 6) is 0.118. The standard InChI is InChI=1S/C20H22N2OS/c1-14(22(2)3)13-21-17-10-6-4-8-15(17)12-19-20(23)16-9-5-7-11-18(16)24-19/h4-12,14,21H,13H2,1-3H3. The summed E-state index contributed by atoms with van der Waals surface area (Å²) in [7, 11) is 4.15. The van der Waals surface area contributed by atoms with Crippen LogP contribution < -0.4 is 5.32 Å². The number of thioether (sulfide) groups is 1. The van der Waals surface area contributed by atoms with E-state index < -0.39 is 0 Å². The van der Waals surface area contributed by atoms with Crippen molar-refractivity contribution in [3.05, 3.63) is 64.6 Å². The number of ketones is 1. The van der Waals surface area contributed by atoms with Gasteiger partial charge in [-0.15, -0.1) is 0 Å². The quantitative estimate of drug-likeness (QED) is 0.820. The number of nitrogens with one attached hydrogen (secondary N) is 1. The molecule has 1 unspecified atom stereocenters. The number of anilines is 1. The van der Waals surface area contributed by atoms with Gasteiger partial charge in [0.15, 0.2) is 0 Å². The number of Topliss-reactive ketones (excluding diaryl/α,β-unsaturated/α-hetero) is 1. The first-order chi connectivity index (χ1) is 11.6. The summed E-state index contributed by atoms with van der Waals surface area (Å²) in [4.78, 5) is 16.6. The molecule has 0 aromatic heterocycles. The molecule has 0 spiro atoms. The summed E-state index contributed by atoms with van der Waals surface area (Å²) < 4.78 is 0. The van der Waals surface area contributed by atoms with Crippen LogP contribution in [0.1, 0.15) is 22.8 Å². The van der Waals surface area contributed by atoms with Gasteiger partial charge in [0.25, 0.3) is 0 Å². The van der Waals surface area contributed by atoms with Gasteiger partial charge in [0.05, 0.1) is 4.91 Å². The summed E-state index contributed by atoms with van der Waals surface area (Å²) in [6.07, 6.45) is 2.00. The molecule has 1 aliphatic heterocycles. The summed E-state index contributed by atoms with van der Waals surface area (Å²) in [5, 5.41) is 3.50. The van der Waals surface area contributed by atoms with Crippen LogP contribution in [0.15, 0.2) is 58.3 Å². The van der Waals surface area contributed by atoms with Gasteiger partial charge in [-0.3, -0.25) is 4.79 Å². The van der Waals surface area contributed by atoms with E-state index in [0.717, 1.165) is 33.2 Å². The predicted molar refractivity (Wildman–Crippen MR) is 103 cm³/mol. The normalized spacial score (nSPS) is 16.5. The predicted octanol–water partition coefficient (Wildman–Crippen LogP) is 4.38. The average molecular weight is 338 g/mol. The number of nitrogens with zero attached hydrogens (tertiary/aromatic N) is 1. The Kier molecular flexibility index (Phi) is 5.07. The van der Waals surface area contributed by atoms with Crippen molar-refractivity contribution < 1.29 is 4.79 Å². The third kappa shape index (κ3) is 3.55. The Morgan fingerprint density at radius 3 is 2.58 bits per heavy atom. The molecule has 0 bridgehead atoms.